The second-order valence-electron chi connectivity index (χ2n) is 7.37. The fraction of sp³-hybridized carbons (Fsp3) is 0.350. The first-order valence-electron chi connectivity index (χ1n) is 8.96. The van der Waals surface area contributed by atoms with Gasteiger partial charge in [0.25, 0.3) is 0 Å². The molecular weight excluding hydrogens is 400 g/mol. The maximum Gasteiger partial charge on any atom is 0.250 e. The predicted octanol–water partition coefficient (Wildman–Crippen LogP) is 3.51. The molecule has 1 heterocycles. The first-order chi connectivity index (χ1) is 13.2. The number of para-hydroxylation sites is 1. The van der Waals surface area contributed by atoms with Gasteiger partial charge < -0.3 is 10.1 Å². The van der Waals surface area contributed by atoms with E-state index in [1.807, 2.05) is 32.0 Å². The molecule has 1 amide bonds. The summed E-state index contributed by atoms with van der Waals surface area (Å²) in [6.45, 7) is 4.09. The number of sulfonamides is 1. The van der Waals surface area contributed by atoms with Crippen LogP contribution in [0.25, 0.3) is 0 Å². The van der Waals surface area contributed by atoms with Crippen molar-refractivity contribution in [3.05, 3.63) is 52.5 Å². The van der Waals surface area contributed by atoms with E-state index in [4.69, 9.17) is 16.3 Å². The molecule has 1 saturated heterocycles. The van der Waals surface area contributed by atoms with Crippen LogP contribution in [-0.2, 0) is 14.8 Å². The zero-order valence-corrected chi connectivity index (χ0v) is 17.4. The van der Waals surface area contributed by atoms with Crippen molar-refractivity contribution < 1.29 is 17.9 Å². The Morgan fingerprint density at radius 2 is 1.93 bits per heavy atom. The molecule has 0 radical (unpaired) electrons. The quantitative estimate of drug-likeness (QED) is 0.821. The number of nitrogens with zero attached hydrogens (tertiary/aromatic N) is 1. The molecule has 0 aromatic heterocycles. The Bertz CT molecular complexity index is 1070. The van der Waals surface area contributed by atoms with Crippen LogP contribution in [-0.4, -0.2) is 32.7 Å². The minimum Gasteiger partial charge on any atom is -0.495 e. The summed E-state index contributed by atoms with van der Waals surface area (Å²) < 4.78 is 31.9. The summed E-state index contributed by atoms with van der Waals surface area (Å²) in [4.78, 5) is 13.0. The monoisotopic (exact) mass is 420 g/mol. The van der Waals surface area contributed by atoms with Crippen LogP contribution in [0.3, 0.4) is 0 Å². The molecule has 2 aliphatic rings. The number of benzene rings is 2. The minimum absolute atomic E-state index is 0.217. The number of carbonyl (C=O) groups excluding carboxylic acids is 1. The summed E-state index contributed by atoms with van der Waals surface area (Å²) in [5, 5.41) is 3.07. The van der Waals surface area contributed by atoms with Crippen LogP contribution in [0.1, 0.15) is 17.5 Å². The van der Waals surface area contributed by atoms with E-state index in [-0.39, 0.29) is 5.92 Å². The Morgan fingerprint density at radius 3 is 2.54 bits per heavy atom. The van der Waals surface area contributed by atoms with Crippen molar-refractivity contribution in [3.8, 4) is 5.75 Å². The normalized spacial score (nSPS) is 24.6. The number of fused-ring (bicyclic) bond motifs is 1. The van der Waals surface area contributed by atoms with Crippen molar-refractivity contribution in [3.63, 3.8) is 0 Å². The van der Waals surface area contributed by atoms with Crippen LogP contribution in [0.4, 0.5) is 11.4 Å². The van der Waals surface area contributed by atoms with E-state index in [2.05, 4.69) is 5.32 Å². The number of hydrogen-bond donors (Lipinski definition) is 1. The zero-order chi connectivity index (χ0) is 20.3. The third-order valence-electron chi connectivity index (χ3n) is 5.67. The van der Waals surface area contributed by atoms with Gasteiger partial charge in [-0.15, -0.1) is 0 Å². The summed E-state index contributed by atoms with van der Waals surface area (Å²) in [5.41, 5.74) is 2.87. The van der Waals surface area contributed by atoms with Crippen LogP contribution in [0, 0.1) is 19.8 Å². The van der Waals surface area contributed by atoms with Gasteiger partial charge in [0.2, 0.25) is 15.9 Å². The summed E-state index contributed by atoms with van der Waals surface area (Å²) >= 11 is 6.11. The number of amides is 1. The van der Waals surface area contributed by atoms with Gasteiger partial charge in [-0.3, -0.25) is 9.10 Å². The van der Waals surface area contributed by atoms with E-state index in [1.54, 1.807) is 18.2 Å². The first-order valence-corrected chi connectivity index (χ1v) is 10.8. The summed E-state index contributed by atoms with van der Waals surface area (Å²) in [6, 6.07) is 10.5. The molecular formula is C20H21ClN2O4S. The standard InChI is InChI=1S/C20H21ClN2O4S/c1-12-5-4-6-13(2)18(12)23-11-14-10-20(14,28(23,25)26)19(24)22-15-7-8-17(27-3)16(21)9-15/h4-9,14H,10-11H2,1-3H3,(H,22,24)/t14-,20+/m0/s1. The lowest BCUT2D eigenvalue weighted by Crippen LogP contribution is -2.42. The van der Waals surface area contributed by atoms with E-state index >= 15 is 0 Å². The molecule has 28 heavy (non-hydrogen) atoms. The average Bonchev–Trinajstić information content (AvgIpc) is 3.32. The van der Waals surface area contributed by atoms with Gasteiger partial charge in [-0.25, -0.2) is 8.42 Å². The molecule has 1 N–H and O–H groups in total. The van der Waals surface area contributed by atoms with E-state index < -0.39 is 20.7 Å². The molecule has 1 aliphatic heterocycles. The topological polar surface area (TPSA) is 75.7 Å². The van der Waals surface area contributed by atoms with E-state index in [0.717, 1.165) is 11.1 Å². The molecule has 2 fully saturated rings. The fourth-order valence-corrected chi connectivity index (χ4v) is 6.87. The number of ether oxygens (including phenoxy) is 1. The first kappa shape index (κ1) is 19.1. The second kappa shape index (κ2) is 6.39. The molecule has 0 spiro atoms. The molecule has 1 aliphatic carbocycles. The highest BCUT2D eigenvalue weighted by Gasteiger charge is 2.75. The highest BCUT2D eigenvalue weighted by molar-refractivity contribution is 7.95. The fourth-order valence-electron chi connectivity index (χ4n) is 4.12. The van der Waals surface area contributed by atoms with Crippen molar-refractivity contribution in [1.29, 1.82) is 0 Å². The second-order valence-corrected chi connectivity index (χ2v) is 9.90. The molecule has 1 saturated carbocycles. The van der Waals surface area contributed by atoms with Crippen LogP contribution < -0.4 is 14.4 Å². The zero-order valence-electron chi connectivity index (χ0n) is 15.8. The summed E-state index contributed by atoms with van der Waals surface area (Å²) in [7, 11) is -2.33. The van der Waals surface area contributed by atoms with Crippen molar-refractivity contribution in [1.82, 2.24) is 0 Å². The maximum atomic E-state index is 13.4. The van der Waals surface area contributed by atoms with Crippen molar-refractivity contribution in [2.24, 2.45) is 5.92 Å². The van der Waals surface area contributed by atoms with Gasteiger partial charge in [-0.2, -0.15) is 0 Å². The molecule has 148 valence electrons. The molecule has 8 heteroatoms. The number of anilines is 2. The number of methoxy groups -OCH3 is 1. The summed E-state index contributed by atoms with van der Waals surface area (Å²) in [5.74, 6) is -0.241. The van der Waals surface area contributed by atoms with Crippen molar-refractivity contribution >= 4 is 38.9 Å². The molecule has 2 aromatic rings. The Balaban J connectivity index is 1.64. The molecule has 2 aromatic carbocycles. The van der Waals surface area contributed by atoms with Crippen LogP contribution >= 0.6 is 11.6 Å². The predicted molar refractivity (Wildman–Crippen MR) is 110 cm³/mol. The van der Waals surface area contributed by atoms with Gasteiger partial charge in [0.15, 0.2) is 4.75 Å². The molecule has 0 unspecified atom stereocenters. The number of aryl methyl sites for hydroxylation is 2. The SMILES string of the molecule is COc1ccc(NC(=O)[C@@]23C[C@H]2CN(c2c(C)cccc2C)S3(=O)=O)cc1Cl. The van der Waals surface area contributed by atoms with Gasteiger partial charge in [0.05, 0.1) is 17.8 Å². The highest BCUT2D eigenvalue weighted by Crippen LogP contribution is 2.59. The van der Waals surface area contributed by atoms with Crippen molar-refractivity contribution in [2.75, 3.05) is 23.3 Å². The lowest BCUT2D eigenvalue weighted by molar-refractivity contribution is -0.116. The smallest absolute Gasteiger partial charge is 0.250 e. The van der Waals surface area contributed by atoms with Crippen LogP contribution in [0.15, 0.2) is 36.4 Å². The Morgan fingerprint density at radius 1 is 1.25 bits per heavy atom. The van der Waals surface area contributed by atoms with Crippen LogP contribution in [0.2, 0.25) is 5.02 Å². The van der Waals surface area contributed by atoms with Gasteiger partial charge in [-0.05, 0) is 49.6 Å². The van der Waals surface area contributed by atoms with Crippen molar-refractivity contribution in [2.45, 2.75) is 25.0 Å². The number of halogens is 1. The molecule has 4 rings (SSSR count). The number of carbonyl (C=O) groups is 1. The molecule has 6 nitrogen and oxygen atoms in total. The number of rotatable bonds is 4. The number of hydrogen-bond acceptors (Lipinski definition) is 4. The lowest BCUT2D eigenvalue weighted by atomic mass is 10.1. The van der Waals surface area contributed by atoms with Crippen LogP contribution in [0.5, 0.6) is 5.75 Å². The minimum atomic E-state index is -3.83. The largest absolute Gasteiger partial charge is 0.495 e. The third-order valence-corrected chi connectivity index (χ3v) is 8.48. The van der Waals surface area contributed by atoms with Gasteiger partial charge in [-0.1, -0.05) is 29.8 Å². The lowest BCUT2D eigenvalue weighted by Gasteiger charge is -2.26. The van der Waals surface area contributed by atoms with E-state index in [1.165, 1.54) is 11.4 Å². The Kier molecular flexibility index (Phi) is 4.35. The van der Waals surface area contributed by atoms with Gasteiger partial charge in [0, 0.05) is 18.2 Å². The third kappa shape index (κ3) is 2.60. The van der Waals surface area contributed by atoms with Gasteiger partial charge in [0.1, 0.15) is 5.75 Å². The Labute approximate surface area is 169 Å². The molecule has 2 atom stereocenters. The maximum absolute atomic E-state index is 13.4. The number of nitrogens with one attached hydrogen (secondary N) is 1. The van der Waals surface area contributed by atoms with E-state index in [0.29, 0.717) is 35.1 Å². The summed E-state index contributed by atoms with van der Waals surface area (Å²) in [6.07, 6.45) is 0.340. The van der Waals surface area contributed by atoms with Gasteiger partial charge >= 0.3 is 0 Å². The highest BCUT2D eigenvalue weighted by atomic mass is 35.5. The Hall–Kier alpha value is -2.25. The molecule has 0 bridgehead atoms. The van der Waals surface area contributed by atoms with E-state index in [9.17, 15) is 13.2 Å². The average molecular weight is 421 g/mol.